The summed E-state index contributed by atoms with van der Waals surface area (Å²) >= 11 is 0. The molecule has 4 heteroatoms. The number of amides is 1. The van der Waals surface area contributed by atoms with Crippen molar-refractivity contribution in [3.05, 3.63) is 42.5 Å². The van der Waals surface area contributed by atoms with Gasteiger partial charge in [-0.2, -0.15) is 0 Å². The van der Waals surface area contributed by atoms with Gasteiger partial charge < -0.3 is 11.1 Å². The van der Waals surface area contributed by atoms with Gasteiger partial charge in [-0.3, -0.25) is 4.79 Å². The third-order valence-electron chi connectivity index (χ3n) is 2.43. The van der Waals surface area contributed by atoms with Crippen LogP contribution in [0.3, 0.4) is 0 Å². The van der Waals surface area contributed by atoms with E-state index in [-0.39, 0.29) is 22.9 Å². The molecule has 2 aromatic rings. The molecular formula is C13H15BrN2O. The lowest BCUT2D eigenvalue weighted by atomic mass is 10.1. The van der Waals surface area contributed by atoms with Gasteiger partial charge in [-0.1, -0.05) is 30.3 Å². The number of nitrogens with one attached hydrogen (secondary N) is 1. The smallest absolute Gasteiger partial charge is 0.240 e. The summed E-state index contributed by atoms with van der Waals surface area (Å²) in [6, 6.07) is 13.3. The van der Waals surface area contributed by atoms with Gasteiger partial charge in [-0.15, -0.1) is 17.0 Å². The minimum Gasteiger partial charge on any atom is -0.325 e. The van der Waals surface area contributed by atoms with Crippen molar-refractivity contribution in [1.82, 2.24) is 0 Å². The zero-order valence-corrected chi connectivity index (χ0v) is 11.2. The summed E-state index contributed by atoms with van der Waals surface area (Å²) < 4.78 is 0. The molecule has 1 unspecified atom stereocenters. The molecule has 0 aliphatic carbocycles. The molecule has 0 saturated heterocycles. The highest BCUT2D eigenvalue weighted by molar-refractivity contribution is 8.93. The van der Waals surface area contributed by atoms with Crippen molar-refractivity contribution in [3.63, 3.8) is 0 Å². The average Bonchev–Trinajstić information content (AvgIpc) is 2.28. The summed E-state index contributed by atoms with van der Waals surface area (Å²) in [6.45, 7) is 1.66. The predicted octanol–water partition coefficient (Wildman–Crippen LogP) is 2.70. The quantitative estimate of drug-likeness (QED) is 0.895. The minimum atomic E-state index is -0.494. The predicted molar refractivity (Wildman–Crippen MR) is 76.5 cm³/mol. The van der Waals surface area contributed by atoms with Gasteiger partial charge in [0.1, 0.15) is 0 Å². The van der Waals surface area contributed by atoms with Crippen molar-refractivity contribution in [2.75, 3.05) is 5.32 Å². The molecule has 0 bridgehead atoms. The fourth-order valence-corrected chi connectivity index (χ4v) is 1.52. The fourth-order valence-electron chi connectivity index (χ4n) is 1.52. The number of halogens is 1. The van der Waals surface area contributed by atoms with Crippen LogP contribution in [0.4, 0.5) is 5.69 Å². The Kier molecular flexibility index (Phi) is 4.66. The summed E-state index contributed by atoms with van der Waals surface area (Å²) in [4.78, 5) is 11.4. The molecule has 1 amide bonds. The van der Waals surface area contributed by atoms with E-state index in [1.165, 1.54) is 0 Å². The second-order valence-corrected chi connectivity index (χ2v) is 3.84. The molecule has 0 fully saturated rings. The van der Waals surface area contributed by atoms with Crippen LogP contribution in [-0.2, 0) is 4.79 Å². The Morgan fingerprint density at radius 3 is 2.47 bits per heavy atom. The Labute approximate surface area is 111 Å². The first kappa shape index (κ1) is 13.7. The SMILES string of the molecule is Br.CC(N)C(=O)Nc1ccc2ccccc2c1. The Bertz CT molecular complexity index is 526. The molecule has 3 nitrogen and oxygen atoms in total. The van der Waals surface area contributed by atoms with Crippen molar-refractivity contribution in [2.24, 2.45) is 5.73 Å². The van der Waals surface area contributed by atoms with Crippen LogP contribution in [0.1, 0.15) is 6.92 Å². The van der Waals surface area contributed by atoms with E-state index < -0.39 is 6.04 Å². The highest BCUT2D eigenvalue weighted by Gasteiger charge is 2.07. The van der Waals surface area contributed by atoms with Crippen LogP contribution in [0, 0.1) is 0 Å². The van der Waals surface area contributed by atoms with Gasteiger partial charge in [0.25, 0.3) is 0 Å². The van der Waals surface area contributed by atoms with Gasteiger partial charge in [0.2, 0.25) is 5.91 Å². The van der Waals surface area contributed by atoms with Crippen molar-refractivity contribution in [2.45, 2.75) is 13.0 Å². The number of anilines is 1. The maximum absolute atomic E-state index is 11.4. The normalized spacial score (nSPS) is 11.6. The number of benzene rings is 2. The number of hydrogen-bond donors (Lipinski definition) is 2. The molecule has 90 valence electrons. The summed E-state index contributed by atoms with van der Waals surface area (Å²) in [6.07, 6.45) is 0. The van der Waals surface area contributed by atoms with Crippen LogP contribution in [0.15, 0.2) is 42.5 Å². The lowest BCUT2D eigenvalue weighted by Crippen LogP contribution is -2.32. The first-order valence-corrected chi connectivity index (χ1v) is 5.22. The van der Waals surface area contributed by atoms with Gasteiger partial charge in [0, 0.05) is 5.69 Å². The number of carbonyl (C=O) groups is 1. The van der Waals surface area contributed by atoms with Crippen LogP contribution in [0.2, 0.25) is 0 Å². The first-order valence-electron chi connectivity index (χ1n) is 5.22. The van der Waals surface area contributed by atoms with E-state index in [2.05, 4.69) is 5.32 Å². The number of carbonyl (C=O) groups excluding carboxylic acids is 1. The average molecular weight is 295 g/mol. The van der Waals surface area contributed by atoms with Crippen molar-refractivity contribution >= 4 is 39.3 Å². The fraction of sp³-hybridized carbons (Fsp3) is 0.154. The number of nitrogens with two attached hydrogens (primary N) is 1. The molecule has 0 heterocycles. The van der Waals surface area contributed by atoms with Crippen molar-refractivity contribution < 1.29 is 4.79 Å². The minimum absolute atomic E-state index is 0. The lowest BCUT2D eigenvalue weighted by Gasteiger charge is -2.08. The Balaban J connectivity index is 0.00000144. The molecule has 2 aromatic carbocycles. The van der Waals surface area contributed by atoms with Crippen molar-refractivity contribution in [1.29, 1.82) is 0 Å². The maximum atomic E-state index is 11.4. The molecule has 17 heavy (non-hydrogen) atoms. The number of fused-ring (bicyclic) bond motifs is 1. The highest BCUT2D eigenvalue weighted by Crippen LogP contribution is 2.18. The monoisotopic (exact) mass is 294 g/mol. The van der Waals surface area contributed by atoms with Gasteiger partial charge >= 0.3 is 0 Å². The molecular weight excluding hydrogens is 280 g/mol. The van der Waals surface area contributed by atoms with Gasteiger partial charge in [-0.05, 0) is 29.8 Å². The van der Waals surface area contributed by atoms with E-state index in [1.807, 2.05) is 42.5 Å². The highest BCUT2D eigenvalue weighted by atomic mass is 79.9. The second-order valence-electron chi connectivity index (χ2n) is 3.84. The standard InChI is InChI=1S/C13H14N2O.BrH/c1-9(14)13(16)15-12-7-6-10-4-2-3-5-11(10)8-12;/h2-9H,14H2,1H3,(H,15,16);1H. The summed E-state index contributed by atoms with van der Waals surface area (Å²) in [5.74, 6) is -0.171. The Morgan fingerprint density at radius 1 is 1.18 bits per heavy atom. The van der Waals surface area contributed by atoms with Crippen LogP contribution in [0.25, 0.3) is 10.8 Å². The molecule has 3 N–H and O–H groups in total. The zero-order chi connectivity index (χ0) is 11.5. The first-order chi connectivity index (χ1) is 7.66. The van der Waals surface area contributed by atoms with Crippen molar-refractivity contribution in [3.8, 4) is 0 Å². The van der Waals surface area contributed by atoms with E-state index >= 15 is 0 Å². The van der Waals surface area contributed by atoms with E-state index in [0.717, 1.165) is 16.5 Å². The molecule has 2 rings (SSSR count). The molecule has 0 spiro atoms. The van der Waals surface area contributed by atoms with Crippen LogP contribution in [0.5, 0.6) is 0 Å². The van der Waals surface area contributed by atoms with Crippen LogP contribution in [-0.4, -0.2) is 11.9 Å². The number of hydrogen-bond acceptors (Lipinski definition) is 2. The molecule has 0 radical (unpaired) electrons. The van der Waals surface area contributed by atoms with Crippen LogP contribution < -0.4 is 11.1 Å². The van der Waals surface area contributed by atoms with E-state index in [1.54, 1.807) is 6.92 Å². The Hall–Kier alpha value is -1.39. The zero-order valence-electron chi connectivity index (χ0n) is 9.51. The van der Waals surface area contributed by atoms with E-state index in [9.17, 15) is 4.79 Å². The van der Waals surface area contributed by atoms with E-state index in [0.29, 0.717) is 0 Å². The summed E-state index contributed by atoms with van der Waals surface area (Å²) in [5, 5.41) is 5.03. The topological polar surface area (TPSA) is 55.1 Å². The molecule has 1 atom stereocenters. The van der Waals surface area contributed by atoms with Crippen LogP contribution >= 0.6 is 17.0 Å². The lowest BCUT2D eigenvalue weighted by molar-refractivity contribution is -0.117. The Morgan fingerprint density at radius 2 is 1.82 bits per heavy atom. The molecule has 0 aromatic heterocycles. The van der Waals surface area contributed by atoms with Gasteiger partial charge in [0.15, 0.2) is 0 Å². The third-order valence-corrected chi connectivity index (χ3v) is 2.43. The van der Waals surface area contributed by atoms with Gasteiger partial charge in [-0.25, -0.2) is 0 Å². The maximum Gasteiger partial charge on any atom is 0.240 e. The third kappa shape index (κ3) is 3.28. The molecule has 0 aliphatic heterocycles. The summed E-state index contributed by atoms with van der Waals surface area (Å²) in [5.41, 5.74) is 6.26. The molecule has 0 aliphatic rings. The van der Waals surface area contributed by atoms with E-state index in [4.69, 9.17) is 5.73 Å². The molecule has 0 saturated carbocycles. The van der Waals surface area contributed by atoms with Gasteiger partial charge in [0.05, 0.1) is 6.04 Å². The summed E-state index contributed by atoms with van der Waals surface area (Å²) in [7, 11) is 0. The largest absolute Gasteiger partial charge is 0.325 e. The second kappa shape index (κ2) is 5.80. The number of rotatable bonds is 2.